The second-order valence-electron chi connectivity index (χ2n) is 4.96. The van der Waals surface area contributed by atoms with Crippen molar-refractivity contribution >= 4 is 17.3 Å². The average Bonchev–Trinajstić information content (AvgIpc) is 2.51. The quantitative estimate of drug-likeness (QED) is 0.645. The molecule has 0 saturated carbocycles. The molecule has 0 spiro atoms. The van der Waals surface area contributed by atoms with Gasteiger partial charge in [-0.3, -0.25) is 9.78 Å². The van der Waals surface area contributed by atoms with E-state index in [0.29, 0.717) is 11.4 Å². The van der Waals surface area contributed by atoms with Gasteiger partial charge in [0, 0.05) is 16.9 Å². The normalized spacial score (nSPS) is 10.4. The van der Waals surface area contributed by atoms with Gasteiger partial charge in [0.1, 0.15) is 0 Å². The first-order valence-corrected chi connectivity index (χ1v) is 6.78. The van der Waals surface area contributed by atoms with Gasteiger partial charge in [0.15, 0.2) is 5.69 Å². The van der Waals surface area contributed by atoms with Gasteiger partial charge in [-0.15, -0.1) is 10.2 Å². The lowest BCUT2D eigenvalue weighted by molar-refractivity contribution is 0.962. The molecule has 1 heterocycles. The summed E-state index contributed by atoms with van der Waals surface area (Å²) in [5.41, 5.74) is 8.91. The summed E-state index contributed by atoms with van der Waals surface area (Å²) in [5.74, 6) is 0.283. The zero-order valence-corrected chi connectivity index (χ0v) is 12.0. The van der Waals surface area contributed by atoms with Crippen LogP contribution in [-0.2, 0) is 0 Å². The van der Waals surface area contributed by atoms with Crippen molar-refractivity contribution in [2.45, 2.75) is 6.92 Å². The van der Waals surface area contributed by atoms with Gasteiger partial charge in [-0.05, 0) is 31.2 Å². The minimum Gasteiger partial charge on any atom is -0.399 e. The number of nitrogens with one attached hydrogen (secondary N) is 2. The molecule has 0 aliphatic heterocycles. The fourth-order valence-electron chi connectivity index (χ4n) is 2.00. The number of aromatic nitrogens is 3. The summed E-state index contributed by atoms with van der Waals surface area (Å²) in [6.45, 7) is 1.99. The van der Waals surface area contributed by atoms with Gasteiger partial charge in [-0.2, -0.15) is 0 Å². The summed E-state index contributed by atoms with van der Waals surface area (Å²) in [6, 6.07) is 14.7. The smallest absolute Gasteiger partial charge is 0.279 e. The maximum atomic E-state index is 12.2. The Morgan fingerprint density at radius 2 is 1.68 bits per heavy atom. The van der Waals surface area contributed by atoms with E-state index in [0.717, 1.165) is 16.8 Å². The number of hydrogen-bond donors (Lipinski definition) is 3. The highest BCUT2D eigenvalue weighted by molar-refractivity contribution is 5.60. The summed E-state index contributed by atoms with van der Waals surface area (Å²) in [4.78, 5) is 14.8. The standard InChI is InChI=1S/C16H15N5O/c1-10-2-4-11(5-3-10)14-15(22)19-16(21-20-14)18-13-8-6-12(17)7-9-13/h2-9H,17H2,1H3,(H2,18,19,21,22). The van der Waals surface area contributed by atoms with E-state index in [1.165, 1.54) is 0 Å². The number of nitrogens with two attached hydrogens (primary N) is 1. The van der Waals surface area contributed by atoms with Crippen LogP contribution in [0.3, 0.4) is 0 Å². The molecule has 0 aliphatic rings. The molecule has 2 aromatic carbocycles. The molecule has 0 saturated heterocycles. The van der Waals surface area contributed by atoms with Crippen LogP contribution in [0.5, 0.6) is 0 Å². The van der Waals surface area contributed by atoms with Crippen LogP contribution in [0.25, 0.3) is 11.3 Å². The minimum atomic E-state index is -0.295. The number of nitrogen functional groups attached to an aromatic ring is 1. The summed E-state index contributed by atoms with van der Waals surface area (Å²) < 4.78 is 0. The Morgan fingerprint density at radius 3 is 2.32 bits per heavy atom. The zero-order valence-electron chi connectivity index (χ0n) is 12.0. The van der Waals surface area contributed by atoms with Gasteiger partial charge in [0.2, 0.25) is 5.95 Å². The molecule has 0 amide bonds. The van der Waals surface area contributed by atoms with E-state index < -0.39 is 0 Å². The second kappa shape index (κ2) is 5.69. The first kappa shape index (κ1) is 13.8. The van der Waals surface area contributed by atoms with Crippen LogP contribution in [0.2, 0.25) is 0 Å². The summed E-state index contributed by atoms with van der Waals surface area (Å²) >= 11 is 0. The average molecular weight is 293 g/mol. The van der Waals surface area contributed by atoms with Gasteiger partial charge in [0.25, 0.3) is 5.56 Å². The maximum Gasteiger partial charge on any atom is 0.279 e. The molecule has 0 aliphatic carbocycles. The summed E-state index contributed by atoms with van der Waals surface area (Å²) in [5, 5.41) is 11.0. The fourth-order valence-corrected chi connectivity index (χ4v) is 2.00. The van der Waals surface area contributed by atoms with E-state index in [-0.39, 0.29) is 11.5 Å². The third-order valence-electron chi connectivity index (χ3n) is 3.20. The number of H-pyrrole nitrogens is 1. The van der Waals surface area contributed by atoms with E-state index in [9.17, 15) is 4.79 Å². The molecule has 4 N–H and O–H groups in total. The molecule has 6 nitrogen and oxygen atoms in total. The number of hydrogen-bond acceptors (Lipinski definition) is 5. The molecule has 0 unspecified atom stereocenters. The number of benzene rings is 2. The van der Waals surface area contributed by atoms with Crippen molar-refractivity contribution in [3.63, 3.8) is 0 Å². The first-order chi connectivity index (χ1) is 10.6. The summed E-state index contributed by atoms with van der Waals surface area (Å²) in [6.07, 6.45) is 0. The molecule has 0 fully saturated rings. The molecule has 0 radical (unpaired) electrons. The van der Waals surface area contributed by atoms with Crippen LogP contribution in [-0.4, -0.2) is 15.2 Å². The Bertz CT molecular complexity index is 838. The Hall–Kier alpha value is -3.15. The minimum absolute atomic E-state index is 0.283. The van der Waals surface area contributed by atoms with Crippen molar-refractivity contribution in [3.05, 3.63) is 64.4 Å². The maximum absolute atomic E-state index is 12.2. The van der Waals surface area contributed by atoms with Gasteiger partial charge < -0.3 is 11.1 Å². The number of anilines is 3. The van der Waals surface area contributed by atoms with Gasteiger partial charge in [0.05, 0.1) is 0 Å². The monoisotopic (exact) mass is 293 g/mol. The zero-order chi connectivity index (χ0) is 15.5. The van der Waals surface area contributed by atoms with Gasteiger partial charge >= 0.3 is 0 Å². The van der Waals surface area contributed by atoms with Crippen LogP contribution in [0.1, 0.15) is 5.56 Å². The lowest BCUT2D eigenvalue weighted by atomic mass is 10.1. The number of aryl methyl sites for hydroxylation is 1. The fraction of sp³-hybridized carbons (Fsp3) is 0.0625. The van der Waals surface area contributed by atoms with Crippen molar-refractivity contribution in [1.82, 2.24) is 15.2 Å². The Labute approximate surface area is 127 Å². The molecule has 1 aromatic heterocycles. The lowest BCUT2D eigenvalue weighted by Gasteiger charge is -2.06. The van der Waals surface area contributed by atoms with Crippen molar-refractivity contribution in [1.29, 1.82) is 0 Å². The van der Waals surface area contributed by atoms with Crippen LogP contribution in [0.4, 0.5) is 17.3 Å². The van der Waals surface area contributed by atoms with Crippen molar-refractivity contribution in [3.8, 4) is 11.3 Å². The molecule has 0 bridgehead atoms. The molecular formula is C16H15N5O. The highest BCUT2D eigenvalue weighted by Gasteiger charge is 2.07. The van der Waals surface area contributed by atoms with E-state index in [1.54, 1.807) is 24.3 Å². The summed E-state index contributed by atoms with van der Waals surface area (Å²) in [7, 11) is 0. The van der Waals surface area contributed by atoms with Crippen molar-refractivity contribution < 1.29 is 0 Å². The molecule has 0 atom stereocenters. The third kappa shape index (κ3) is 2.95. The first-order valence-electron chi connectivity index (χ1n) is 6.78. The third-order valence-corrected chi connectivity index (χ3v) is 3.20. The molecule has 6 heteroatoms. The predicted molar refractivity (Wildman–Crippen MR) is 87.0 cm³/mol. The van der Waals surface area contributed by atoms with Crippen LogP contribution < -0.4 is 16.6 Å². The predicted octanol–water partition coefficient (Wildman–Crippen LogP) is 2.47. The molecular weight excluding hydrogens is 278 g/mol. The number of rotatable bonds is 3. The lowest BCUT2D eigenvalue weighted by Crippen LogP contribution is -2.15. The largest absolute Gasteiger partial charge is 0.399 e. The van der Waals surface area contributed by atoms with Crippen LogP contribution in [0.15, 0.2) is 53.3 Å². The van der Waals surface area contributed by atoms with E-state index >= 15 is 0 Å². The second-order valence-corrected chi connectivity index (χ2v) is 4.96. The number of nitrogens with zero attached hydrogens (tertiary/aromatic N) is 2. The SMILES string of the molecule is Cc1ccc(-c2nnc(Nc3ccc(N)cc3)[nH]c2=O)cc1. The van der Waals surface area contributed by atoms with Gasteiger partial charge in [-0.1, -0.05) is 29.8 Å². The Balaban J connectivity index is 1.87. The van der Waals surface area contributed by atoms with Gasteiger partial charge in [-0.25, -0.2) is 0 Å². The van der Waals surface area contributed by atoms with Crippen LogP contribution >= 0.6 is 0 Å². The van der Waals surface area contributed by atoms with Crippen molar-refractivity contribution in [2.75, 3.05) is 11.1 Å². The highest BCUT2D eigenvalue weighted by atomic mass is 16.1. The Kier molecular flexibility index (Phi) is 3.57. The van der Waals surface area contributed by atoms with E-state index in [4.69, 9.17) is 5.73 Å². The van der Waals surface area contributed by atoms with E-state index in [2.05, 4.69) is 20.5 Å². The topological polar surface area (TPSA) is 96.7 Å². The van der Waals surface area contributed by atoms with Crippen molar-refractivity contribution in [2.24, 2.45) is 0 Å². The Morgan fingerprint density at radius 1 is 1.00 bits per heavy atom. The van der Waals surface area contributed by atoms with Crippen LogP contribution in [0, 0.1) is 6.92 Å². The van der Waals surface area contributed by atoms with E-state index in [1.807, 2.05) is 31.2 Å². The molecule has 22 heavy (non-hydrogen) atoms. The molecule has 3 aromatic rings. The number of aromatic amines is 1. The molecule has 110 valence electrons. The highest BCUT2D eigenvalue weighted by Crippen LogP contribution is 2.15. The molecule has 3 rings (SSSR count).